The Kier molecular flexibility index (Phi) is 5.91. The first-order chi connectivity index (χ1) is 9.95. The van der Waals surface area contributed by atoms with Crippen molar-refractivity contribution in [2.24, 2.45) is 5.92 Å². The van der Waals surface area contributed by atoms with E-state index in [1.807, 2.05) is 26.0 Å². The molecule has 0 saturated carbocycles. The van der Waals surface area contributed by atoms with E-state index in [9.17, 15) is 4.79 Å². The van der Waals surface area contributed by atoms with Gasteiger partial charge in [0, 0.05) is 29.2 Å². The zero-order valence-electron chi connectivity index (χ0n) is 12.5. The fourth-order valence-electron chi connectivity index (χ4n) is 2.71. The molecule has 2 rings (SSSR count). The summed E-state index contributed by atoms with van der Waals surface area (Å²) in [5.74, 6) is 0.240. The molecule has 0 spiro atoms. The Morgan fingerprint density at radius 1 is 1.43 bits per heavy atom. The summed E-state index contributed by atoms with van der Waals surface area (Å²) in [6.45, 7) is 6.54. The minimum Gasteiger partial charge on any atom is -0.354 e. The molecule has 0 bridgehead atoms. The Hall–Kier alpha value is -0.770. The Labute approximate surface area is 136 Å². The minimum atomic E-state index is 0.0761. The number of rotatable bonds is 4. The maximum absolute atomic E-state index is 12.1. The fraction of sp³-hybridized carbons (Fsp3) is 0.562. The van der Waals surface area contributed by atoms with E-state index in [1.165, 1.54) is 0 Å². The van der Waals surface area contributed by atoms with Gasteiger partial charge in [-0.15, -0.1) is 0 Å². The summed E-state index contributed by atoms with van der Waals surface area (Å²) >= 11 is 12.1. The maximum atomic E-state index is 12.1. The Balaban J connectivity index is 1.96. The predicted molar refractivity (Wildman–Crippen MR) is 87.7 cm³/mol. The number of carbonyl (C=O) groups is 1. The van der Waals surface area contributed by atoms with Crippen LogP contribution in [0.4, 0.5) is 0 Å². The molecule has 3 nitrogen and oxygen atoms in total. The topological polar surface area (TPSA) is 32.3 Å². The standard InChI is InChI=1S/C16H22Cl2N2O/c1-11(2)19-16(21)13-4-3-7-20(10-13)9-12-5-6-14(17)8-15(12)18/h5-6,8,11,13H,3-4,7,9-10H2,1-2H3,(H,19,21)/t13-/m0/s1. The molecule has 0 aliphatic carbocycles. The minimum absolute atomic E-state index is 0.0761. The number of halogens is 2. The van der Waals surface area contributed by atoms with Crippen LogP contribution in [-0.2, 0) is 11.3 Å². The first kappa shape index (κ1) is 16.6. The summed E-state index contributed by atoms with van der Waals surface area (Å²) in [5.41, 5.74) is 1.06. The quantitative estimate of drug-likeness (QED) is 0.913. The monoisotopic (exact) mass is 328 g/mol. The zero-order chi connectivity index (χ0) is 15.4. The summed E-state index contributed by atoms with van der Waals surface area (Å²) in [5, 5.41) is 4.35. The summed E-state index contributed by atoms with van der Waals surface area (Å²) in [6.07, 6.45) is 2.00. The number of benzene rings is 1. The molecule has 1 atom stereocenters. The van der Waals surface area contributed by atoms with Gasteiger partial charge in [-0.3, -0.25) is 9.69 Å². The van der Waals surface area contributed by atoms with E-state index >= 15 is 0 Å². The molecule has 116 valence electrons. The van der Waals surface area contributed by atoms with Gasteiger partial charge in [0.2, 0.25) is 5.91 Å². The highest BCUT2D eigenvalue weighted by Gasteiger charge is 2.26. The number of hydrogen-bond acceptors (Lipinski definition) is 2. The highest BCUT2D eigenvalue weighted by molar-refractivity contribution is 6.35. The summed E-state index contributed by atoms with van der Waals surface area (Å²) in [4.78, 5) is 14.4. The Bertz CT molecular complexity index is 505. The second kappa shape index (κ2) is 7.48. The van der Waals surface area contributed by atoms with Crippen LogP contribution in [0.2, 0.25) is 10.0 Å². The molecule has 1 aliphatic heterocycles. The first-order valence-electron chi connectivity index (χ1n) is 7.42. The van der Waals surface area contributed by atoms with Crippen molar-refractivity contribution in [2.45, 2.75) is 39.3 Å². The number of likely N-dealkylation sites (tertiary alicyclic amines) is 1. The van der Waals surface area contributed by atoms with E-state index < -0.39 is 0 Å². The van der Waals surface area contributed by atoms with Crippen molar-refractivity contribution < 1.29 is 4.79 Å². The van der Waals surface area contributed by atoms with Crippen molar-refractivity contribution in [1.29, 1.82) is 0 Å². The average molecular weight is 329 g/mol. The molecule has 1 aromatic rings. The van der Waals surface area contributed by atoms with Crippen LogP contribution < -0.4 is 5.32 Å². The van der Waals surface area contributed by atoms with Crippen LogP contribution in [0.3, 0.4) is 0 Å². The van der Waals surface area contributed by atoms with Crippen molar-refractivity contribution in [2.75, 3.05) is 13.1 Å². The molecule has 1 N–H and O–H groups in total. The number of nitrogens with one attached hydrogen (secondary N) is 1. The van der Waals surface area contributed by atoms with E-state index in [0.29, 0.717) is 10.0 Å². The van der Waals surface area contributed by atoms with Gasteiger partial charge in [0.15, 0.2) is 0 Å². The van der Waals surface area contributed by atoms with Crippen molar-refractivity contribution in [1.82, 2.24) is 10.2 Å². The molecule has 1 saturated heterocycles. The maximum Gasteiger partial charge on any atom is 0.224 e. The second-order valence-electron chi connectivity index (χ2n) is 5.97. The molecule has 1 heterocycles. The van der Waals surface area contributed by atoms with E-state index in [1.54, 1.807) is 6.07 Å². The van der Waals surface area contributed by atoms with Gasteiger partial charge in [-0.1, -0.05) is 29.3 Å². The van der Waals surface area contributed by atoms with Gasteiger partial charge in [0.05, 0.1) is 5.92 Å². The molecule has 1 amide bonds. The summed E-state index contributed by atoms with van der Waals surface area (Å²) < 4.78 is 0. The third kappa shape index (κ3) is 4.87. The lowest BCUT2D eigenvalue weighted by molar-refractivity contribution is -0.127. The third-order valence-corrected chi connectivity index (χ3v) is 4.30. The number of carbonyl (C=O) groups excluding carboxylic acids is 1. The normalized spacial score (nSPS) is 19.8. The molecule has 0 radical (unpaired) electrons. The van der Waals surface area contributed by atoms with Gasteiger partial charge in [0.25, 0.3) is 0 Å². The van der Waals surface area contributed by atoms with E-state index in [4.69, 9.17) is 23.2 Å². The van der Waals surface area contributed by atoms with E-state index in [-0.39, 0.29) is 17.9 Å². The van der Waals surface area contributed by atoms with Crippen LogP contribution in [0.1, 0.15) is 32.3 Å². The molecular weight excluding hydrogens is 307 g/mol. The molecule has 21 heavy (non-hydrogen) atoms. The van der Waals surface area contributed by atoms with E-state index in [0.717, 1.165) is 38.0 Å². The second-order valence-corrected chi connectivity index (χ2v) is 6.82. The summed E-state index contributed by atoms with van der Waals surface area (Å²) in [6, 6.07) is 5.78. The third-order valence-electron chi connectivity index (χ3n) is 3.72. The Morgan fingerprint density at radius 3 is 2.86 bits per heavy atom. The lowest BCUT2D eigenvalue weighted by atomic mass is 9.96. The fourth-order valence-corrected chi connectivity index (χ4v) is 3.17. The van der Waals surface area contributed by atoms with Crippen LogP contribution in [0.25, 0.3) is 0 Å². The molecule has 5 heteroatoms. The number of nitrogens with zero attached hydrogens (tertiary/aromatic N) is 1. The van der Waals surface area contributed by atoms with Crippen LogP contribution >= 0.6 is 23.2 Å². The van der Waals surface area contributed by atoms with Gasteiger partial charge in [0.1, 0.15) is 0 Å². The van der Waals surface area contributed by atoms with Gasteiger partial charge in [-0.05, 0) is 50.9 Å². The van der Waals surface area contributed by atoms with Gasteiger partial charge < -0.3 is 5.32 Å². The largest absolute Gasteiger partial charge is 0.354 e. The highest BCUT2D eigenvalue weighted by Crippen LogP contribution is 2.25. The zero-order valence-corrected chi connectivity index (χ0v) is 14.0. The lowest BCUT2D eigenvalue weighted by Gasteiger charge is -2.32. The van der Waals surface area contributed by atoms with Crippen molar-refractivity contribution in [3.05, 3.63) is 33.8 Å². The average Bonchev–Trinajstić information content (AvgIpc) is 2.41. The first-order valence-corrected chi connectivity index (χ1v) is 8.18. The SMILES string of the molecule is CC(C)NC(=O)[C@H]1CCCN(Cc2ccc(Cl)cc2Cl)C1. The van der Waals surface area contributed by atoms with Gasteiger partial charge >= 0.3 is 0 Å². The van der Waals surface area contributed by atoms with Crippen LogP contribution in [0, 0.1) is 5.92 Å². The van der Waals surface area contributed by atoms with Crippen molar-refractivity contribution in [3.63, 3.8) is 0 Å². The van der Waals surface area contributed by atoms with Crippen LogP contribution in [-0.4, -0.2) is 29.9 Å². The Morgan fingerprint density at radius 2 is 2.19 bits per heavy atom. The van der Waals surface area contributed by atoms with Crippen LogP contribution in [0.5, 0.6) is 0 Å². The van der Waals surface area contributed by atoms with Gasteiger partial charge in [-0.2, -0.15) is 0 Å². The van der Waals surface area contributed by atoms with E-state index in [2.05, 4.69) is 10.2 Å². The number of hydrogen-bond donors (Lipinski definition) is 1. The molecule has 1 aromatic carbocycles. The predicted octanol–water partition coefficient (Wildman–Crippen LogP) is 3.73. The van der Waals surface area contributed by atoms with Crippen molar-refractivity contribution >= 4 is 29.1 Å². The lowest BCUT2D eigenvalue weighted by Crippen LogP contribution is -2.44. The smallest absolute Gasteiger partial charge is 0.224 e. The number of piperidine rings is 1. The molecular formula is C16H22Cl2N2O. The molecule has 1 aliphatic rings. The number of amides is 1. The summed E-state index contributed by atoms with van der Waals surface area (Å²) in [7, 11) is 0. The van der Waals surface area contributed by atoms with Crippen LogP contribution in [0.15, 0.2) is 18.2 Å². The van der Waals surface area contributed by atoms with Gasteiger partial charge in [-0.25, -0.2) is 0 Å². The molecule has 0 unspecified atom stereocenters. The molecule has 1 fully saturated rings. The molecule has 0 aromatic heterocycles. The highest BCUT2D eigenvalue weighted by atomic mass is 35.5. The van der Waals surface area contributed by atoms with Crippen molar-refractivity contribution in [3.8, 4) is 0 Å².